The lowest BCUT2D eigenvalue weighted by atomic mass is 9.84. The highest BCUT2D eigenvalue weighted by molar-refractivity contribution is 5.96. The van der Waals surface area contributed by atoms with Crippen molar-refractivity contribution in [3.63, 3.8) is 0 Å². The van der Waals surface area contributed by atoms with Gasteiger partial charge in [-0.1, -0.05) is 50.3 Å². The van der Waals surface area contributed by atoms with E-state index in [0.717, 1.165) is 30.5 Å². The van der Waals surface area contributed by atoms with Gasteiger partial charge < -0.3 is 15.5 Å². The van der Waals surface area contributed by atoms with Crippen molar-refractivity contribution in [3.8, 4) is 0 Å². The Morgan fingerprint density at radius 2 is 1.62 bits per heavy atom. The molecule has 2 aromatic rings. The van der Waals surface area contributed by atoms with Crippen molar-refractivity contribution >= 4 is 23.4 Å². The number of rotatable bonds is 9. The zero-order valence-corrected chi connectivity index (χ0v) is 22.6. The van der Waals surface area contributed by atoms with Gasteiger partial charge in [-0.15, -0.1) is 0 Å². The van der Waals surface area contributed by atoms with Crippen molar-refractivity contribution in [1.29, 1.82) is 0 Å². The summed E-state index contributed by atoms with van der Waals surface area (Å²) in [5, 5.41) is 5.26. The van der Waals surface area contributed by atoms with Gasteiger partial charge in [0.25, 0.3) is 5.91 Å². The normalized spacial score (nSPS) is 18.5. The first-order chi connectivity index (χ1) is 18.9. The van der Waals surface area contributed by atoms with E-state index in [1.54, 1.807) is 11.0 Å². The third-order valence-electron chi connectivity index (χ3n) is 8.23. The number of urea groups is 1. The minimum atomic E-state index is -0.626. The van der Waals surface area contributed by atoms with Crippen molar-refractivity contribution < 1.29 is 18.8 Å². The Labute approximate surface area is 230 Å². The van der Waals surface area contributed by atoms with Crippen LogP contribution in [0.3, 0.4) is 0 Å². The average Bonchev–Trinajstić information content (AvgIpc) is 3.78. The Morgan fingerprint density at radius 3 is 2.33 bits per heavy atom. The monoisotopic (exact) mass is 534 g/mol. The maximum atomic E-state index is 14.6. The minimum absolute atomic E-state index is 0.0594. The maximum absolute atomic E-state index is 14.6. The molecular formula is C31H39FN4O3. The molecule has 5 rings (SSSR count). The number of nitrogens with zero attached hydrogens (tertiary/aromatic N) is 2. The fourth-order valence-electron chi connectivity index (χ4n) is 5.64. The van der Waals surface area contributed by atoms with E-state index < -0.39 is 11.8 Å². The van der Waals surface area contributed by atoms with E-state index in [1.807, 2.05) is 18.2 Å². The van der Waals surface area contributed by atoms with Gasteiger partial charge in [0.2, 0.25) is 0 Å². The lowest BCUT2D eigenvalue weighted by Gasteiger charge is -2.35. The van der Waals surface area contributed by atoms with Gasteiger partial charge in [-0.25, -0.2) is 9.18 Å². The van der Waals surface area contributed by atoms with Crippen LogP contribution in [0.5, 0.6) is 0 Å². The topological polar surface area (TPSA) is 81.8 Å². The van der Waals surface area contributed by atoms with Gasteiger partial charge >= 0.3 is 6.03 Å². The molecule has 0 radical (unpaired) electrons. The Morgan fingerprint density at radius 1 is 0.846 bits per heavy atom. The smallest absolute Gasteiger partial charge is 0.319 e. The van der Waals surface area contributed by atoms with Gasteiger partial charge in [-0.05, 0) is 54.5 Å². The second-order valence-electron chi connectivity index (χ2n) is 11.4. The molecule has 2 saturated carbocycles. The van der Waals surface area contributed by atoms with E-state index in [9.17, 15) is 18.8 Å². The van der Waals surface area contributed by atoms with E-state index in [0.29, 0.717) is 51.0 Å². The molecule has 0 spiro atoms. The highest BCUT2D eigenvalue weighted by Crippen LogP contribution is 2.28. The molecular weight excluding hydrogens is 495 g/mol. The number of anilines is 1. The SMILES string of the molecule is O=C(NCC1CC1)Nc1ccc(C(=O)N2CCN(Cc3cccc(C(=O)CC4CCCCC4)c3)CC2)cc1F. The number of hydrogen-bond acceptors (Lipinski definition) is 4. The molecule has 2 N–H and O–H groups in total. The maximum Gasteiger partial charge on any atom is 0.319 e. The number of ketones is 1. The summed E-state index contributed by atoms with van der Waals surface area (Å²) in [5.41, 5.74) is 2.24. The predicted molar refractivity (Wildman–Crippen MR) is 149 cm³/mol. The van der Waals surface area contributed by atoms with Crippen molar-refractivity contribution in [2.45, 2.75) is 57.9 Å². The molecule has 0 bridgehead atoms. The summed E-state index contributed by atoms with van der Waals surface area (Å²) in [5.74, 6) is 0.461. The minimum Gasteiger partial charge on any atom is -0.338 e. The van der Waals surface area contributed by atoms with Crippen LogP contribution in [0.15, 0.2) is 42.5 Å². The number of amides is 3. The Kier molecular flexibility index (Phi) is 8.91. The van der Waals surface area contributed by atoms with Crippen molar-refractivity contribution in [2.75, 3.05) is 38.0 Å². The van der Waals surface area contributed by atoms with Crippen LogP contribution in [0, 0.1) is 17.7 Å². The molecule has 7 nitrogen and oxygen atoms in total. The van der Waals surface area contributed by atoms with Crippen molar-refractivity contribution in [1.82, 2.24) is 15.1 Å². The Hall–Kier alpha value is -3.26. The van der Waals surface area contributed by atoms with Crippen LogP contribution in [-0.4, -0.2) is 60.2 Å². The molecule has 2 aromatic carbocycles. The number of carbonyl (C=O) groups excluding carboxylic acids is 3. The lowest BCUT2D eigenvalue weighted by molar-refractivity contribution is 0.0627. The standard InChI is InChI=1S/C31H39FN4O3/c32-27-19-26(11-12-28(27)34-31(39)33-20-23-9-10-23)30(38)36-15-13-35(14-16-36)21-24-7-4-8-25(17-24)29(37)18-22-5-2-1-3-6-22/h4,7-8,11-12,17,19,22-23H,1-3,5-6,9-10,13-16,18,20-21H2,(H2,33,34,39). The van der Waals surface area contributed by atoms with Crippen LogP contribution in [0.2, 0.25) is 0 Å². The second kappa shape index (κ2) is 12.7. The summed E-state index contributed by atoms with van der Waals surface area (Å²) in [6.45, 7) is 3.82. The predicted octanol–water partition coefficient (Wildman–Crippen LogP) is 5.47. The van der Waals surface area contributed by atoms with E-state index in [-0.39, 0.29) is 22.9 Å². The van der Waals surface area contributed by atoms with E-state index in [4.69, 9.17) is 0 Å². The molecule has 3 amide bonds. The van der Waals surface area contributed by atoms with Crippen molar-refractivity contribution in [3.05, 3.63) is 65.0 Å². The number of benzene rings is 2. The first-order valence-corrected chi connectivity index (χ1v) is 14.4. The second-order valence-corrected chi connectivity index (χ2v) is 11.4. The summed E-state index contributed by atoms with van der Waals surface area (Å²) >= 11 is 0. The molecule has 2 aliphatic carbocycles. The van der Waals surface area contributed by atoms with Crippen LogP contribution in [-0.2, 0) is 6.54 Å². The number of hydrogen-bond donors (Lipinski definition) is 2. The third-order valence-corrected chi connectivity index (χ3v) is 8.23. The Bertz CT molecular complexity index is 1180. The van der Waals surface area contributed by atoms with Gasteiger partial charge in [-0.2, -0.15) is 0 Å². The lowest BCUT2D eigenvalue weighted by Crippen LogP contribution is -2.48. The van der Waals surface area contributed by atoms with E-state index in [1.165, 1.54) is 44.2 Å². The third kappa shape index (κ3) is 7.66. The largest absolute Gasteiger partial charge is 0.338 e. The first kappa shape index (κ1) is 27.3. The summed E-state index contributed by atoms with van der Waals surface area (Å²) < 4.78 is 14.6. The summed E-state index contributed by atoms with van der Waals surface area (Å²) in [6.07, 6.45) is 8.99. The van der Waals surface area contributed by atoms with Crippen LogP contribution >= 0.6 is 0 Å². The number of piperazine rings is 1. The molecule has 8 heteroatoms. The molecule has 0 atom stereocenters. The molecule has 208 valence electrons. The summed E-state index contributed by atoms with van der Waals surface area (Å²) in [7, 11) is 0. The number of halogens is 1. The Balaban J connectivity index is 1.09. The number of Topliss-reactive ketones (excluding diaryl/α,β-unsaturated/α-hetero) is 1. The summed E-state index contributed by atoms with van der Waals surface area (Å²) in [6, 6.07) is 11.7. The number of nitrogens with one attached hydrogen (secondary N) is 2. The molecule has 1 saturated heterocycles. The van der Waals surface area contributed by atoms with E-state index in [2.05, 4.69) is 21.6 Å². The highest BCUT2D eigenvalue weighted by Gasteiger charge is 2.25. The van der Waals surface area contributed by atoms with Gasteiger partial charge in [0.05, 0.1) is 5.69 Å². The fraction of sp³-hybridized carbons (Fsp3) is 0.516. The molecule has 39 heavy (non-hydrogen) atoms. The zero-order valence-electron chi connectivity index (χ0n) is 22.6. The molecule has 0 aromatic heterocycles. The van der Waals surface area contributed by atoms with Crippen LogP contribution in [0.25, 0.3) is 0 Å². The van der Waals surface area contributed by atoms with Crippen LogP contribution < -0.4 is 10.6 Å². The van der Waals surface area contributed by atoms with Gasteiger partial charge in [0.15, 0.2) is 5.78 Å². The molecule has 1 heterocycles. The average molecular weight is 535 g/mol. The zero-order chi connectivity index (χ0) is 27.2. The van der Waals surface area contributed by atoms with Crippen LogP contribution in [0.4, 0.5) is 14.9 Å². The fourth-order valence-corrected chi connectivity index (χ4v) is 5.64. The first-order valence-electron chi connectivity index (χ1n) is 14.4. The highest BCUT2D eigenvalue weighted by atomic mass is 19.1. The van der Waals surface area contributed by atoms with Crippen LogP contribution in [0.1, 0.15) is 77.6 Å². The number of carbonyl (C=O) groups is 3. The van der Waals surface area contributed by atoms with Gasteiger partial charge in [0.1, 0.15) is 5.82 Å². The molecule has 0 unspecified atom stereocenters. The summed E-state index contributed by atoms with van der Waals surface area (Å²) in [4.78, 5) is 41.9. The van der Waals surface area contributed by atoms with Crippen molar-refractivity contribution in [2.24, 2.45) is 11.8 Å². The molecule has 3 fully saturated rings. The van der Waals surface area contributed by atoms with Gasteiger partial charge in [0, 0.05) is 56.8 Å². The molecule has 3 aliphatic rings. The van der Waals surface area contributed by atoms with Gasteiger partial charge in [-0.3, -0.25) is 14.5 Å². The quantitative estimate of drug-likeness (QED) is 0.418. The molecule has 1 aliphatic heterocycles. The van der Waals surface area contributed by atoms with E-state index >= 15 is 0 Å².